The van der Waals surface area contributed by atoms with E-state index in [2.05, 4.69) is 15.3 Å². The van der Waals surface area contributed by atoms with E-state index in [4.69, 9.17) is 11.6 Å². The van der Waals surface area contributed by atoms with Gasteiger partial charge < -0.3 is 10.2 Å². The van der Waals surface area contributed by atoms with Crippen molar-refractivity contribution in [1.82, 2.24) is 15.1 Å². The minimum absolute atomic E-state index is 0. The molecule has 0 atom stereocenters. The third-order valence-electron chi connectivity index (χ3n) is 2.52. The molecule has 5 nitrogen and oxygen atoms in total. The molecule has 1 aromatic rings. The molecule has 90 valence electrons. The van der Waals surface area contributed by atoms with E-state index in [0.717, 1.165) is 31.9 Å². The fourth-order valence-corrected chi connectivity index (χ4v) is 1.92. The van der Waals surface area contributed by atoms with Crippen molar-refractivity contribution in [2.75, 3.05) is 31.1 Å². The minimum atomic E-state index is -0.243. The Labute approximate surface area is 105 Å². The summed E-state index contributed by atoms with van der Waals surface area (Å²) in [6.07, 6.45) is 1.65. The van der Waals surface area contributed by atoms with Crippen LogP contribution in [0.1, 0.15) is 0 Å². The number of rotatable bonds is 1. The van der Waals surface area contributed by atoms with E-state index >= 15 is 0 Å². The van der Waals surface area contributed by atoms with Crippen molar-refractivity contribution in [3.8, 4) is 0 Å². The minimum Gasteiger partial charge on any atom is -0.366 e. The number of anilines is 1. The molecular weight excluding hydrogens is 251 g/mol. The van der Waals surface area contributed by atoms with Gasteiger partial charge in [0.1, 0.15) is 5.02 Å². The second-order valence-corrected chi connectivity index (χ2v) is 3.89. The summed E-state index contributed by atoms with van der Waals surface area (Å²) in [6, 6.07) is 0. The van der Waals surface area contributed by atoms with Crippen molar-refractivity contribution in [3.05, 3.63) is 21.6 Å². The van der Waals surface area contributed by atoms with Crippen LogP contribution in [0.2, 0.25) is 5.02 Å². The van der Waals surface area contributed by atoms with Crippen LogP contribution in [0.3, 0.4) is 0 Å². The van der Waals surface area contributed by atoms with Gasteiger partial charge in [0.25, 0.3) is 5.56 Å². The van der Waals surface area contributed by atoms with Crippen LogP contribution in [0.5, 0.6) is 0 Å². The summed E-state index contributed by atoms with van der Waals surface area (Å²) >= 11 is 6.00. The maximum absolute atomic E-state index is 11.6. The first-order valence-electron chi connectivity index (χ1n) is 4.87. The number of halogens is 2. The van der Waals surface area contributed by atoms with Crippen LogP contribution in [0.25, 0.3) is 0 Å². The lowest BCUT2D eigenvalue weighted by Gasteiger charge is -2.29. The van der Waals surface area contributed by atoms with E-state index < -0.39 is 0 Å². The van der Waals surface area contributed by atoms with Crippen LogP contribution in [0, 0.1) is 0 Å². The average molecular weight is 265 g/mol. The molecule has 1 fully saturated rings. The molecule has 1 aromatic heterocycles. The molecule has 1 saturated heterocycles. The Morgan fingerprint density at radius 2 is 2.06 bits per heavy atom. The van der Waals surface area contributed by atoms with Gasteiger partial charge in [-0.3, -0.25) is 4.79 Å². The number of nitrogens with one attached hydrogen (secondary N) is 1. The highest BCUT2D eigenvalue weighted by molar-refractivity contribution is 6.33. The van der Waals surface area contributed by atoms with E-state index in [1.54, 1.807) is 13.2 Å². The van der Waals surface area contributed by atoms with Crippen molar-refractivity contribution in [2.24, 2.45) is 7.05 Å². The van der Waals surface area contributed by atoms with E-state index in [1.165, 1.54) is 4.68 Å². The molecule has 0 amide bonds. The number of hydrogen-bond acceptors (Lipinski definition) is 4. The molecule has 0 unspecified atom stereocenters. The van der Waals surface area contributed by atoms with Crippen LogP contribution in [-0.2, 0) is 7.05 Å². The van der Waals surface area contributed by atoms with E-state index in [-0.39, 0.29) is 23.0 Å². The maximum atomic E-state index is 11.6. The number of hydrogen-bond donors (Lipinski definition) is 1. The highest BCUT2D eigenvalue weighted by Crippen LogP contribution is 2.20. The molecule has 1 aliphatic rings. The van der Waals surface area contributed by atoms with Gasteiger partial charge in [-0.15, -0.1) is 12.4 Å². The molecule has 16 heavy (non-hydrogen) atoms. The Hall–Kier alpha value is -0.780. The summed E-state index contributed by atoms with van der Waals surface area (Å²) in [5.41, 5.74) is 0.494. The Balaban J connectivity index is 0.00000128. The van der Waals surface area contributed by atoms with Crippen LogP contribution in [-0.4, -0.2) is 36.0 Å². The van der Waals surface area contributed by atoms with Gasteiger partial charge in [-0.1, -0.05) is 11.6 Å². The van der Waals surface area contributed by atoms with E-state index in [9.17, 15) is 4.79 Å². The quantitative estimate of drug-likeness (QED) is 0.791. The van der Waals surface area contributed by atoms with Crippen LogP contribution < -0.4 is 15.8 Å². The summed E-state index contributed by atoms with van der Waals surface area (Å²) in [4.78, 5) is 13.6. The summed E-state index contributed by atoms with van der Waals surface area (Å²) in [6.45, 7) is 3.53. The fourth-order valence-electron chi connectivity index (χ4n) is 1.63. The predicted octanol–water partition coefficient (Wildman–Crippen LogP) is 0.265. The second-order valence-electron chi connectivity index (χ2n) is 3.51. The van der Waals surface area contributed by atoms with Gasteiger partial charge in [-0.05, 0) is 0 Å². The lowest BCUT2D eigenvalue weighted by molar-refractivity contribution is 0.585. The monoisotopic (exact) mass is 264 g/mol. The summed E-state index contributed by atoms with van der Waals surface area (Å²) < 4.78 is 1.24. The Morgan fingerprint density at radius 3 is 2.69 bits per heavy atom. The Bertz CT molecular complexity index is 414. The smallest absolute Gasteiger partial charge is 0.287 e. The normalized spacial score (nSPS) is 15.8. The van der Waals surface area contributed by atoms with Crippen molar-refractivity contribution < 1.29 is 0 Å². The highest BCUT2D eigenvalue weighted by Gasteiger charge is 2.16. The molecule has 2 heterocycles. The largest absolute Gasteiger partial charge is 0.366 e. The van der Waals surface area contributed by atoms with Crippen LogP contribution >= 0.6 is 24.0 Å². The first kappa shape index (κ1) is 13.3. The SMILES string of the molecule is Cl.Cn1ncc(N2CCNCC2)c(Cl)c1=O. The number of nitrogens with zero attached hydrogens (tertiary/aromatic N) is 3. The van der Waals surface area contributed by atoms with Gasteiger partial charge in [-0.25, -0.2) is 4.68 Å². The molecule has 0 bridgehead atoms. The van der Waals surface area contributed by atoms with Crippen molar-refractivity contribution >= 4 is 29.7 Å². The third-order valence-corrected chi connectivity index (χ3v) is 2.87. The molecule has 0 aliphatic carbocycles. The van der Waals surface area contributed by atoms with Crippen molar-refractivity contribution in [1.29, 1.82) is 0 Å². The predicted molar refractivity (Wildman–Crippen MR) is 66.8 cm³/mol. The first-order valence-corrected chi connectivity index (χ1v) is 5.25. The molecule has 0 saturated carbocycles. The van der Waals surface area contributed by atoms with Crippen LogP contribution in [0.4, 0.5) is 5.69 Å². The van der Waals surface area contributed by atoms with Crippen molar-refractivity contribution in [2.45, 2.75) is 0 Å². The van der Waals surface area contributed by atoms with Gasteiger partial charge in [0.05, 0.1) is 11.9 Å². The molecule has 1 N–H and O–H groups in total. The van der Waals surface area contributed by atoms with E-state index in [1.807, 2.05) is 0 Å². The Kier molecular flexibility index (Phi) is 4.58. The maximum Gasteiger partial charge on any atom is 0.287 e. The highest BCUT2D eigenvalue weighted by atomic mass is 35.5. The molecule has 2 rings (SSSR count). The molecule has 1 aliphatic heterocycles. The first-order chi connectivity index (χ1) is 7.20. The summed E-state index contributed by atoms with van der Waals surface area (Å²) in [7, 11) is 1.59. The van der Waals surface area contributed by atoms with Crippen molar-refractivity contribution in [3.63, 3.8) is 0 Å². The van der Waals surface area contributed by atoms with Gasteiger partial charge in [0.15, 0.2) is 0 Å². The Morgan fingerprint density at radius 1 is 1.44 bits per heavy atom. The third kappa shape index (κ3) is 2.48. The molecule has 0 radical (unpaired) electrons. The molecule has 7 heteroatoms. The standard InChI is InChI=1S/C9H13ClN4O.ClH/c1-13-9(15)8(10)7(6-12-13)14-4-2-11-3-5-14;/h6,11H,2-5H2,1H3;1H. The zero-order valence-corrected chi connectivity index (χ0v) is 10.5. The summed E-state index contributed by atoms with van der Waals surface area (Å²) in [5.74, 6) is 0. The zero-order valence-electron chi connectivity index (χ0n) is 8.94. The zero-order chi connectivity index (χ0) is 10.8. The number of piperazine rings is 1. The van der Waals surface area contributed by atoms with Crippen LogP contribution in [0.15, 0.2) is 11.0 Å². The van der Waals surface area contributed by atoms with Gasteiger partial charge in [0, 0.05) is 33.2 Å². The molecular formula is C9H14Cl2N4O. The average Bonchev–Trinajstić information content (AvgIpc) is 2.27. The van der Waals surface area contributed by atoms with Gasteiger partial charge >= 0.3 is 0 Å². The number of aromatic nitrogens is 2. The fraction of sp³-hybridized carbons (Fsp3) is 0.556. The second kappa shape index (κ2) is 5.52. The lowest BCUT2D eigenvalue weighted by Crippen LogP contribution is -2.44. The summed E-state index contributed by atoms with van der Waals surface area (Å²) in [5, 5.41) is 7.47. The molecule has 0 spiro atoms. The molecule has 0 aromatic carbocycles. The van der Waals surface area contributed by atoms with E-state index in [0.29, 0.717) is 0 Å². The van der Waals surface area contributed by atoms with Gasteiger partial charge in [0.2, 0.25) is 0 Å². The number of aryl methyl sites for hydroxylation is 1. The topological polar surface area (TPSA) is 50.2 Å². The van der Waals surface area contributed by atoms with Gasteiger partial charge in [-0.2, -0.15) is 5.10 Å². The lowest BCUT2D eigenvalue weighted by atomic mass is 10.3.